The van der Waals surface area contributed by atoms with E-state index in [4.69, 9.17) is 5.11 Å². The molecule has 20 heavy (non-hydrogen) atoms. The number of aliphatic carboxylic acids is 1. The van der Waals surface area contributed by atoms with E-state index >= 15 is 0 Å². The summed E-state index contributed by atoms with van der Waals surface area (Å²) in [6, 6.07) is -1.28. The molecule has 1 atom stereocenters. The number of carbonyl (C=O) groups is 2. The Hall–Kier alpha value is -2.05. The molecule has 0 aromatic carbocycles. The number of urea groups is 1. The highest BCUT2D eigenvalue weighted by atomic mass is 16.4. The molecule has 0 aliphatic carbocycles. The van der Waals surface area contributed by atoms with Crippen molar-refractivity contribution in [3.05, 3.63) is 18.2 Å². The van der Waals surface area contributed by atoms with Gasteiger partial charge < -0.3 is 19.9 Å². The number of aromatic nitrogens is 2. The largest absolute Gasteiger partial charge is 0.480 e. The number of amides is 2. The third-order valence-electron chi connectivity index (χ3n) is 2.95. The Kier molecular flexibility index (Phi) is 5.54. The SMILES string of the molecule is CC(C)CC(NC(=O)N(C)Cc1nccn1C)C(=O)O. The van der Waals surface area contributed by atoms with Gasteiger partial charge >= 0.3 is 12.0 Å². The Labute approximate surface area is 118 Å². The number of carbonyl (C=O) groups excluding carboxylic acids is 1. The average Bonchev–Trinajstić information content (AvgIpc) is 2.73. The van der Waals surface area contributed by atoms with Crippen LogP contribution in [0.4, 0.5) is 4.79 Å². The molecule has 2 N–H and O–H groups in total. The van der Waals surface area contributed by atoms with E-state index in [0.29, 0.717) is 13.0 Å². The van der Waals surface area contributed by atoms with Gasteiger partial charge in [0.05, 0.1) is 6.54 Å². The lowest BCUT2D eigenvalue weighted by molar-refractivity contribution is -0.139. The summed E-state index contributed by atoms with van der Waals surface area (Å²) >= 11 is 0. The third-order valence-corrected chi connectivity index (χ3v) is 2.95. The number of nitrogens with one attached hydrogen (secondary N) is 1. The van der Waals surface area contributed by atoms with Crippen molar-refractivity contribution in [1.82, 2.24) is 19.8 Å². The maximum Gasteiger partial charge on any atom is 0.326 e. The number of rotatable bonds is 6. The van der Waals surface area contributed by atoms with Gasteiger partial charge in [0.25, 0.3) is 0 Å². The van der Waals surface area contributed by atoms with Crippen LogP contribution in [0.1, 0.15) is 26.1 Å². The molecule has 0 aliphatic rings. The summed E-state index contributed by atoms with van der Waals surface area (Å²) in [6.07, 6.45) is 3.84. The summed E-state index contributed by atoms with van der Waals surface area (Å²) in [7, 11) is 3.45. The first-order valence-corrected chi connectivity index (χ1v) is 6.52. The number of nitrogens with zero attached hydrogens (tertiary/aromatic N) is 3. The molecular weight excluding hydrogens is 260 g/mol. The normalized spacial score (nSPS) is 12.2. The van der Waals surface area contributed by atoms with Gasteiger partial charge in [-0.1, -0.05) is 13.8 Å². The minimum absolute atomic E-state index is 0.191. The van der Waals surface area contributed by atoms with Crippen molar-refractivity contribution in [3.8, 4) is 0 Å². The quantitative estimate of drug-likeness (QED) is 0.816. The number of hydrogen-bond donors (Lipinski definition) is 2. The van der Waals surface area contributed by atoms with E-state index < -0.39 is 18.0 Å². The molecule has 0 saturated heterocycles. The molecule has 1 heterocycles. The van der Waals surface area contributed by atoms with Crippen LogP contribution in [0.3, 0.4) is 0 Å². The second kappa shape index (κ2) is 6.93. The number of carboxylic acid groups (broad SMARTS) is 1. The van der Waals surface area contributed by atoms with Gasteiger partial charge in [-0.05, 0) is 12.3 Å². The van der Waals surface area contributed by atoms with Gasteiger partial charge in [-0.25, -0.2) is 14.6 Å². The first-order chi connectivity index (χ1) is 9.31. The highest BCUT2D eigenvalue weighted by Gasteiger charge is 2.23. The lowest BCUT2D eigenvalue weighted by Crippen LogP contribution is -2.47. The van der Waals surface area contributed by atoms with Crippen molar-refractivity contribution in [2.75, 3.05) is 7.05 Å². The highest BCUT2D eigenvalue weighted by molar-refractivity contribution is 5.82. The fraction of sp³-hybridized carbons (Fsp3) is 0.615. The van der Waals surface area contributed by atoms with E-state index in [1.807, 2.05) is 25.5 Å². The molecule has 1 aromatic rings. The molecule has 0 radical (unpaired) electrons. The predicted molar refractivity (Wildman–Crippen MR) is 74.1 cm³/mol. The van der Waals surface area contributed by atoms with Crippen molar-refractivity contribution in [2.24, 2.45) is 13.0 Å². The van der Waals surface area contributed by atoms with Crippen LogP contribution in [0.25, 0.3) is 0 Å². The monoisotopic (exact) mass is 282 g/mol. The van der Waals surface area contributed by atoms with E-state index in [-0.39, 0.29) is 5.92 Å². The van der Waals surface area contributed by atoms with Crippen LogP contribution in [0, 0.1) is 5.92 Å². The fourth-order valence-electron chi connectivity index (χ4n) is 1.78. The topological polar surface area (TPSA) is 87.5 Å². The van der Waals surface area contributed by atoms with Gasteiger partial charge in [-0.2, -0.15) is 0 Å². The van der Waals surface area contributed by atoms with Crippen LogP contribution < -0.4 is 5.32 Å². The second-order valence-electron chi connectivity index (χ2n) is 5.28. The van der Waals surface area contributed by atoms with Gasteiger partial charge in [-0.3, -0.25) is 0 Å². The maximum absolute atomic E-state index is 12.0. The molecule has 0 aliphatic heterocycles. The zero-order valence-corrected chi connectivity index (χ0v) is 12.3. The minimum Gasteiger partial charge on any atom is -0.480 e. The highest BCUT2D eigenvalue weighted by Crippen LogP contribution is 2.06. The van der Waals surface area contributed by atoms with Crippen LogP contribution in [-0.2, 0) is 18.4 Å². The van der Waals surface area contributed by atoms with Crippen LogP contribution >= 0.6 is 0 Å². The van der Waals surface area contributed by atoms with Gasteiger partial charge in [0.15, 0.2) is 0 Å². The Bertz CT molecular complexity index is 470. The van der Waals surface area contributed by atoms with Crippen molar-refractivity contribution in [1.29, 1.82) is 0 Å². The summed E-state index contributed by atoms with van der Waals surface area (Å²) in [5, 5.41) is 11.6. The maximum atomic E-state index is 12.0. The van der Waals surface area contributed by atoms with Crippen molar-refractivity contribution >= 4 is 12.0 Å². The molecule has 7 nitrogen and oxygen atoms in total. The summed E-state index contributed by atoms with van der Waals surface area (Å²) in [5.41, 5.74) is 0. The van der Waals surface area contributed by atoms with Gasteiger partial charge in [0, 0.05) is 26.5 Å². The summed E-state index contributed by atoms with van der Waals surface area (Å²) < 4.78 is 1.81. The smallest absolute Gasteiger partial charge is 0.326 e. The van der Waals surface area contributed by atoms with Gasteiger partial charge in [0.2, 0.25) is 0 Å². The average molecular weight is 282 g/mol. The molecule has 0 spiro atoms. The van der Waals surface area contributed by atoms with E-state index in [9.17, 15) is 9.59 Å². The lowest BCUT2D eigenvalue weighted by Gasteiger charge is -2.22. The summed E-state index contributed by atoms with van der Waals surface area (Å²) in [5.74, 6) is -0.0907. The lowest BCUT2D eigenvalue weighted by atomic mass is 10.0. The first kappa shape index (κ1) is 16.0. The molecule has 2 amide bonds. The van der Waals surface area contributed by atoms with Gasteiger partial charge in [0.1, 0.15) is 11.9 Å². The number of carboxylic acids is 1. The Morgan fingerprint density at radius 1 is 1.50 bits per heavy atom. The van der Waals surface area contributed by atoms with E-state index in [1.54, 1.807) is 19.4 Å². The predicted octanol–water partition coefficient (Wildman–Crippen LogP) is 1.06. The number of aryl methyl sites for hydroxylation is 1. The fourth-order valence-corrected chi connectivity index (χ4v) is 1.78. The molecule has 112 valence electrons. The van der Waals surface area contributed by atoms with Gasteiger partial charge in [-0.15, -0.1) is 0 Å². The second-order valence-corrected chi connectivity index (χ2v) is 5.28. The summed E-state index contributed by atoms with van der Waals surface area (Å²) in [6.45, 7) is 4.16. The number of hydrogen-bond acceptors (Lipinski definition) is 3. The first-order valence-electron chi connectivity index (χ1n) is 6.52. The van der Waals surface area contributed by atoms with Crippen molar-refractivity contribution in [3.63, 3.8) is 0 Å². The van der Waals surface area contributed by atoms with E-state index in [1.165, 1.54) is 4.90 Å². The minimum atomic E-state index is -1.02. The van der Waals surface area contributed by atoms with Crippen LogP contribution in [-0.4, -0.2) is 44.6 Å². The zero-order valence-electron chi connectivity index (χ0n) is 12.3. The molecule has 1 rings (SSSR count). The Balaban J connectivity index is 2.59. The molecule has 1 unspecified atom stereocenters. The molecule has 1 aromatic heterocycles. The Morgan fingerprint density at radius 2 is 2.15 bits per heavy atom. The molecule has 0 bridgehead atoms. The molecule has 0 fully saturated rings. The number of imidazole rings is 1. The van der Waals surface area contributed by atoms with Crippen LogP contribution in [0.2, 0.25) is 0 Å². The zero-order chi connectivity index (χ0) is 15.3. The third kappa shape index (κ3) is 4.56. The molecular formula is C13H22N4O3. The van der Waals surface area contributed by atoms with Crippen molar-refractivity contribution in [2.45, 2.75) is 32.9 Å². The van der Waals surface area contributed by atoms with Crippen LogP contribution in [0.15, 0.2) is 12.4 Å². The Morgan fingerprint density at radius 3 is 2.60 bits per heavy atom. The summed E-state index contributed by atoms with van der Waals surface area (Å²) in [4.78, 5) is 28.6. The van der Waals surface area contributed by atoms with E-state index in [0.717, 1.165) is 5.82 Å². The standard InChI is InChI=1S/C13H22N4O3/c1-9(2)7-10(12(18)19)15-13(20)17(4)8-11-14-5-6-16(11)3/h5-6,9-10H,7-8H2,1-4H3,(H,15,20)(H,18,19). The van der Waals surface area contributed by atoms with E-state index in [2.05, 4.69) is 10.3 Å². The molecule has 7 heteroatoms. The molecule has 0 saturated carbocycles. The van der Waals surface area contributed by atoms with Crippen LogP contribution in [0.5, 0.6) is 0 Å². The van der Waals surface area contributed by atoms with Crippen molar-refractivity contribution < 1.29 is 14.7 Å².